The number of rotatable bonds is 3. The van der Waals surface area contributed by atoms with E-state index in [4.69, 9.17) is 16.9 Å². The number of carboxylic acids is 1. The van der Waals surface area contributed by atoms with E-state index < -0.39 is 17.8 Å². The highest BCUT2D eigenvalue weighted by atomic mass is 35.5. The van der Waals surface area contributed by atoms with Crippen molar-refractivity contribution in [3.05, 3.63) is 35.9 Å². The smallest absolute Gasteiger partial charge is 0.320 e. The fraction of sp³-hybridized carbons (Fsp3) is 0.111. The molecule has 0 saturated heterocycles. The van der Waals surface area contributed by atoms with Crippen molar-refractivity contribution in [2.45, 2.75) is 5.92 Å². The van der Waals surface area contributed by atoms with Gasteiger partial charge in [-0.25, -0.2) is 0 Å². The summed E-state index contributed by atoms with van der Waals surface area (Å²) >= 11 is 5.08. The van der Waals surface area contributed by atoms with Crippen molar-refractivity contribution >= 4 is 23.7 Å². The highest BCUT2D eigenvalue weighted by Crippen LogP contribution is 2.15. The molecule has 1 amide bonds. The van der Waals surface area contributed by atoms with Crippen LogP contribution in [-0.2, 0) is 9.59 Å². The zero-order valence-electron chi connectivity index (χ0n) is 7.11. The van der Waals surface area contributed by atoms with Gasteiger partial charge < -0.3 is 5.11 Å². The minimum absolute atomic E-state index is 0.401. The monoisotopic (exact) mass is 213 g/mol. The summed E-state index contributed by atoms with van der Waals surface area (Å²) in [5.74, 6) is -3.23. The van der Waals surface area contributed by atoms with Crippen LogP contribution >= 0.6 is 11.8 Å². The predicted octanol–water partition coefficient (Wildman–Crippen LogP) is 1.12. The van der Waals surface area contributed by atoms with Crippen LogP contribution in [0.15, 0.2) is 30.3 Å². The van der Waals surface area contributed by atoms with E-state index in [1.165, 1.54) is 0 Å². The molecule has 0 fully saturated rings. The van der Waals surface area contributed by atoms with Gasteiger partial charge in [-0.05, 0) is 5.56 Å². The Labute approximate surface area is 85.6 Å². The van der Waals surface area contributed by atoms with Gasteiger partial charge in [0.15, 0.2) is 5.92 Å². The van der Waals surface area contributed by atoms with Crippen LogP contribution in [0.3, 0.4) is 0 Å². The van der Waals surface area contributed by atoms with Crippen LogP contribution in [0.4, 0.5) is 0 Å². The molecule has 1 aromatic carbocycles. The Morgan fingerprint density at radius 2 is 1.86 bits per heavy atom. The Balaban J connectivity index is 3.01. The highest BCUT2D eigenvalue weighted by molar-refractivity contribution is 6.24. The molecule has 0 aliphatic carbocycles. The quantitative estimate of drug-likeness (QED) is 0.584. The molecule has 5 heteroatoms. The van der Waals surface area contributed by atoms with Gasteiger partial charge in [0.25, 0.3) is 5.91 Å². The van der Waals surface area contributed by atoms with E-state index in [2.05, 4.69) is 0 Å². The molecule has 0 aliphatic heterocycles. The second-order valence-electron chi connectivity index (χ2n) is 2.64. The van der Waals surface area contributed by atoms with Crippen molar-refractivity contribution in [1.82, 2.24) is 4.84 Å². The molecule has 4 nitrogen and oxygen atoms in total. The molecule has 1 unspecified atom stereocenters. The van der Waals surface area contributed by atoms with Gasteiger partial charge in [-0.1, -0.05) is 30.3 Å². The van der Waals surface area contributed by atoms with Gasteiger partial charge in [0.1, 0.15) is 0 Å². The van der Waals surface area contributed by atoms with Gasteiger partial charge in [-0.2, -0.15) is 0 Å². The molecule has 14 heavy (non-hydrogen) atoms. The molecule has 2 N–H and O–H groups in total. The lowest BCUT2D eigenvalue weighted by Crippen LogP contribution is -2.28. The number of carbonyl (C=O) groups is 2. The summed E-state index contributed by atoms with van der Waals surface area (Å²) in [5.41, 5.74) is 0.401. The van der Waals surface area contributed by atoms with Crippen molar-refractivity contribution in [3.63, 3.8) is 0 Å². The van der Waals surface area contributed by atoms with Crippen molar-refractivity contribution in [2.75, 3.05) is 0 Å². The fourth-order valence-corrected chi connectivity index (χ4v) is 1.22. The molecule has 0 radical (unpaired) electrons. The summed E-state index contributed by atoms with van der Waals surface area (Å²) < 4.78 is 0. The lowest BCUT2D eigenvalue weighted by atomic mass is 9.99. The number of nitrogens with one attached hydrogen (secondary N) is 1. The van der Waals surface area contributed by atoms with Crippen LogP contribution in [0.2, 0.25) is 0 Å². The standard InChI is InChI=1S/C9H8ClNO3/c10-11-8(12)7(9(13)14)6-4-2-1-3-5-6/h1-5,7H,(H,11,12)(H,13,14). The zero-order chi connectivity index (χ0) is 10.6. The first-order chi connectivity index (χ1) is 6.66. The molecular formula is C9H8ClNO3. The maximum Gasteiger partial charge on any atom is 0.320 e. The van der Waals surface area contributed by atoms with E-state index in [0.29, 0.717) is 5.56 Å². The topological polar surface area (TPSA) is 66.4 Å². The molecule has 0 bridgehead atoms. The van der Waals surface area contributed by atoms with Gasteiger partial charge in [-0.15, -0.1) is 0 Å². The van der Waals surface area contributed by atoms with Crippen molar-refractivity contribution in [3.8, 4) is 0 Å². The molecule has 0 saturated carbocycles. The number of hydrogen-bond donors (Lipinski definition) is 2. The molecular weight excluding hydrogens is 206 g/mol. The van der Waals surface area contributed by atoms with Crippen LogP contribution in [0.1, 0.15) is 11.5 Å². The lowest BCUT2D eigenvalue weighted by Gasteiger charge is -2.09. The van der Waals surface area contributed by atoms with Gasteiger partial charge >= 0.3 is 5.97 Å². The van der Waals surface area contributed by atoms with Crippen LogP contribution in [0, 0.1) is 0 Å². The molecule has 0 aromatic heterocycles. The molecule has 0 aliphatic rings. The molecule has 0 spiro atoms. The minimum atomic E-state index is -1.26. The summed E-state index contributed by atoms with van der Waals surface area (Å²) in [6.45, 7) is 0. The average Bonchev–Trinajstić information content (AvgIpc) is 2.19. The maximum atomic E-state index is 11.1. The van der Waals surface area contributed by atoms with E-state index >= 15 is 0 Å². The number of benzene rings is 1. The molecule has 74 valence electrons. The normalized spacial score (nSPS) is 11.8. The van der Waals surface area contributed by atoms with E-state index in [1.54, 1.807) is 35.2 Å². The van der Waals surface area contributed by atoms with Crippen molar-refractivity contribution in [2.24, 2.45) is 0 Å². The van der Waals surface area contributed by atoms with Gasteiger partial charge in [0, 0.05) is 11.8 Å². The third kappa shape index (κ3) is 2.23. The Hall–Kier alpha value is -1.55. The van der Waals surface area contributed by atoms with Gasteiger partial charge in [-0.3, -0.25) is 14.4 Å². The first-order valence-electron chi connectivity index (χ1n) is 3.85. The Morgan fingerprint density at radius 1 is 1.29 bits per heavy atom. The van der Waals surface area contributed by atoms with E-state index in [-0.39, 0.29) is 0 Å². The SMILES string of the molecule is O=C(O)C(C(=O)NCl)c1ccccc1. The van der Waals surface area contributed by atoms with E-state index in [9.17, 15) is 9.59 Å². The molecule has 1 aromatic rings. The third-order valence-electron chi connectivity index (χ3n) is 1.74. The number of carboxylic acid groups (broad SMARTS) is 1. The predicted molar refractivity (Wildman–Crippen MR) is 50.8 cm³/mol. The van der Waals surface area contributed by atoms with Crippen LogP contribution in [-0.4, -0.2) is 17.0 Å². The number of amides is 1. The van der Waals surface area contributed by atoms with Crippen LogP contribution < -0.4 is 4.84 Å². The van der Waals surface area contributed by atoms with Crippen molar-refractivity contribution < 1.29 is 14.7 Å². The second kappa shape index (κ2) is 4.62. The summed E-state index contributed by atoms with van der Waals surface area (Å²) in [6, 6.07) is 8.18. The Bertz CT molecular complexity index is 339. The van der Waals surface area contributed by atoms with E-state index in [1.807, 2.05) is 0 Å². The van der Waals surface area contributed by atoms with E-state index in [0.717, 1.165) is 0 Å². The summed E-state index contributed by atoms with van der Waals surface area (Å²) in [7, 11) is 0. The lowest BCUT2D eigenvalue weighted by molar-refractivity contribution is -0.142. The largest absolute Gasteiger partial charge is 0.480 e. The minimum Gasteiger partial charge on any atom is -0.480 e. The van der Waals surface area contributed by atoms with Gasteiger partial charge in [0.05, 0.1) is 0 Å². The summed E-state index contributed by atoms with van der Waals surface area (Å²) in [5, 5.41) is 8.81. The Kier molecular flexibility index (Phi) is 3.48. The maximum absolute atomic E-state index is 11.1. The number of aliphatic carboxylic acids is 1. The number of halogens is 1. The molecule has 1 atom stereocenters. The van der Waals surface area contributed by atoms with Crippen LogP contribution in [0.5, 0.6) is 0 Å². The first-order valence-corrected chi connectivity index (χ1v) is 4.23. The highest BCUT2D eigenvalue weighted by Gasteiger charge is 2.27. The molecule has 0 heterocycles. The first kappa shape index (κ1) is 10.5. The number of hydrogen-bond acceptors (Lipinski definition) is 2. The van der Waals surface area contributed by atoms with Crippen molar-refractivity contribution in [1.29, 1.82) is 0 Å². The van der Waals surface area contributed by atoms with Gasteiger partial charge in [0.2, 0.25) is 0 Å². The number of carbonyl (C=O) groups excluding carboxylic acids is 1. The second-order valence-corrected chi connectivity index (χ2v) is 2.83. The summed E-state index contributed by atoms with van der Waals surface area (Å²) in [6.07, 6.45) is 0. The fourth-order valence-electron chi connectivity index (χ4n) is 1.11. The summed E-state index contributed by atoms with van der Waals surface area (Å²) in [4.78, 5) is 23.7. The average molecular weight is 214 g/mol. The third-order valence-corrected chi connectivity index (χ3v) is 1.92. The van der Waals surface area contributed by atoms with Crippen LogP contribution in [0.25, 0.3) is 0 Å². The Morgan fingerprint density at radius 3 is 2.29 bits per heavy atom. The molecule has 1 rings (SSSR count). The zero-order valence-corrected chi connectivity index (χ0v) is 7.86.